The first-order valence-corrected chi connectivity index (χ1v) is 8.79. The molecule has 6 heteroatoms. The van der Waals surface area contributed by atoms with E-state index in [1.165, 1.54) is 0 Å². The molecule has 0 saturated carbocycles. The molecule has 1 aromatic carbocycles. The van der Waals surface area contributed by atoms with E-state index in [-0.39, 0.29) is 0 Å². The number of likely N-dealkylation sites (N-methyl/N-ethyl adjacent to an activating group) is 1. The van der Waals surface area contributed by atoms with Crippen LogP contribution in [0.15, 0.2) is 34.8 Å². The molecule has 5 nitrogen and oxygen atoms in total. The van der Waals surface area contributed by atoms with Gasteiger partial charge < -0.3 is 15.1 Å². The fraction of sp³-hybridized carbons (Fsp3) is 0.412. The van der Waals surface area contributed by atoms with Gasteiger partial charge in [-0.05, 0) is 41.5 Å². The fourth-order valence-electron chi connectivity index (χ4n) is 2.75. The van der Waals surface area contributed by atoms with Crippen molar-refractivity contribution in [2.45, 2.75) is 13.8 Å². The molecule has 1 N–H and O–H groups in total. The Labute approximate surface area is 145 Å². The van der Waals surface area contributed by atoms with E-state index in [9.17, 15) is 0 Å². The molecule has 2 aromatic rings. The second-order valence-corrected chi connectivity index (χ2v) is 6.57. The number of hydrogen-bond acceptors (Lipinski definition) is 5. The number of aromatic nitrogens is 2. The molecule has 0 aliphatic carbocycles. The lowest BCUT2D eigenvalue weighted by Gasteiger charge is -2.34. The molecule has 1 aromatic heterocycles. The minimum Gasteiger partial charge on any atom is -0.354 e. The van der Waals surface area contributed by atoms with Gasteiger partial charge >= 0.3 is 0 Å². The predicted molar refractivity (Wildman–Crippen MR) is 98.5 cm³/mol. The van der Waals surface area contributed by atoms with E-state index in [4.69, 9.17) is 4.98 Å². The van der Waals surface area contributed by atoms with Crippen LogP contribution < -0.4 is 10.2 Å². The maximum absolute atomic E-state index is 4.71. The van der Waals surface area contributed by atoms with E-state index in [2.05, 4.69) is 49.0 Å². The molecule has 3 rings (SSSR count). The summed E-state index contributed by atoms with van der Waals surface area (Å²) < 4.78 is 1.00. The van der Waals surface area contributed by atoms with Crippen molar-refractivity contribution in [3.63, 3.8) is 0 Å². The van der Waals surface area contributed by atoms with E-state index in [0.717, 1.165) is 54.4 Å². The zero-order chi connectivity index (χ0) is 16.2. The average molecular weight is 376 g/mol. The smallest absolute Gasteiger partial charge is 0.229 e. The number of nitrogens with zero attached hydrogens (tertiary/aromatic N) is 4. The number of nitrogens with one attached hydrogen (secondary N) is 1. The topological polar surface area (TPSA) is 44.3 Å². The fourth-order valence-corrected chi connectivity index (χ4v) is 3.13. The van der Waals surface area contributed by atoms with Crippen molar-refractivity contribution in [1.29, 1.82) is 0 Å². The van der Waals surface area contributed by atoms with Crippen molar-refractivity contribution in [3.8, 4) is 0 Å². The highest BCUT2D eigenvalue weighted by Gasteiger charge is 2.18. The number of benzene rings is 1. The monoisotopic (exact) mass is 375 g/mol. The lowest BCUT2D eigenvalue weighted by molar-refractivity contribution is 0.270. The molecule has 0 spiro atoms. The van der Waals surface area contributed by atoms with Gasteiger partial charge in [0.05, 0.1) is 5.69 Å². The second kappa shape index (κ2) is 7.27. The van der Waals surface area contributed by atoms with E-state index in [1.807, 2.05) is 31.2 Å². The molecule has 23 heavy (non-hydrogen) atoms. The van der Waals surface area contributed by atoms with Crippen LogP contribution in [0.3, 0.4) is 0 Å². The summed E-state index contributed by atoms with van der Waals surface area (Å²) >= 11 is 3.55. The third kappa shape index (κ3) is 4.00. The van der Waals surface area contributed by atoms with Gasteiger partial charge in [0.1, 0.15) is 5.82 Å². The quantitative estimate of drug-likeness (QED) is 0.886. The van der Waals surface area contributed by atoms with Gasteiger partial charge in [-0.2, -0.15) is 4.98 Å². The molecule has 0 bridgehead atoms. The van der Waals surface area contributed by atoms with Gasteiger partial charge in [0.25, 0.3) is 0 Å². The van der Waals surface area contributed by atoms with Crippen LogP contribution in [0, 0.1) is 6.92 Å². The van der Waals surface area contributed by atoms with Crippen LogP contribution in [-0.4, -0.2) is 47.6 Å². The molecular formula is C17H22BrN5. The van der Waals surface area contributed by atoms with Crippen molar-refractivity contribution < 1.29 is 0 Å². The van der Waals surface area contributed by atoms with Crippen molar-refractivity contribution >= 4 is 33.4 Å². The second-order valence-electron chi connectivity index (χ2n) is 5.72. The molecule has 1 aliphatic heterocycles. The molecule has 0 unspecified atom stereocenters. The minimum absolute atomic E-state index is 0.643. The Kier molecular flexibility index (Phi) is 5.13. The molecule has 0 atom stereocenters. The lowest BCUT2D eigenvalue weighted by Crippen LogP contribution is -2.46. The largest absolute Gasteiger partial charge is 0.354 e. The number of rotatable bonds is 4. The number of para-hydroxylation sites is 1. The van der Waals surface area contributed by atoms with E-state index in [0.29, 0.717) is 5.95 Å². The molecule has 1 fully saturated rings. The Morgan fingerprint density at radius 3 is 2.57 bits per heavy atom. The summed E-state index contributed by atoms with van der Waals surface area (Å²) in [7, 11) is 0. The summed E-state index contributed by atoms with van der Waals surface area (Å²) in [6.45, 7) is 9.55. The SMILES string of the molecule is CCN1CCN(c2cc(C)nc(Nc3ccccc3Br)n2)CC1. The van der Waals surface area contributed by atoms with Crippen LogP contribution in [0.2, 0.25) is 0 Å². The number of halogens is 1. The molecular weight excluding hydrogens is 354 g/mol. The van der Waals surface area contributed by atoms with E-state index in [1.54, 1.807) is 0 Å². The van der Waals surface area contributed by atoms with Crippen molar-refractivity contribution in [3.05, 3.63) is 40.5 Å². The maximum Gasteiger partial charge on any atom is 0.229 e. The zero-order valence-corrected chi connectivity index (χ0v) is 15.2. The van der Waals surface area contributed by atoms with Gasteiger partial charge in [-0.25, -0.2) is 4.98 Å². The highest BCUT2D eigenvalue weighted by atomic mass is 79.9. The maximum atomic E-state index is 4.71. The highest BCUT2D eigenvalue weighted by molar-refractivity contribution is 9.10. The molecule has 122 valence electrons. The van der Waals surface area contributed by atoms with Gasteiger partial charge in [-0.3, -0.25) is 0 Å². The molecule has 0 radical (unpaired) electrons. The van der Waals surface area contributed by atoms with Crippen LogP contribution in [-0.2, 0) is 0 Å². The lowest BCUT2D eigenvalue weighted by atomic mass is 10.3. The number of anilines is 3. The normalized spacial score (nSPS) is 15.7. The standard InChI is InChI=1S/C17H22BrN5/c1-3-22-8-10-23(11-9-22)16-12-13(2)19-17(21-16)20-15-7-5-4-6-14(15)18/h4-7,12H,3,8-11H2,1-2H3,(H,19,20,21). The summed E-state index contributed by atoms with van der Waals surface area (Å²) in [6.07, 6.45) is 0. The van der Waals surface area contributed by atoms with Gasteiger partial charge in [0.2, 0.25) is 5.95 Å². The summed E-state index contributed by atoms with van der Waals surface area (Å²) in [5.74, 6) is 1.65. The van der Waals surface area contributed by atoms with E-state index >= 15 is 0 Å². The van der Waals surface area contributed by atoms with Crippen molar-refractivity contribution in [1.82, 2.24) is 14.9 Å². The predicted octanol–water partition coefficient (Wildman–Crippen LogP) is 3.43. The molecule has 2 heterocycles. The zero-order valence-electron chi connectivity index (χ0n) is 13.6. The van der Waals surface area contributed by atoms with Crippen molar-refractivity contribution in [2.75, 3.05) is 42.9 Å². The van der Waals surface area contributed by atoms with Crippen LogP contribution in [0.25, 0.3) is 0 Å². The summed E-state index contributed by atoms with van der Waals surface area (Å²) in [5.41, 5.74) is 1.95. The van der Waals surface area contributed by atoms with Crippen LogP contribution in [0.5, 0.6) is 0 Å². The summed E-state index contributed by atoms with van der Waals surface area (Å²) in [4.78, 5) is 14.0. The first kappa shape index (κ1) is 16.2. The van der Waals surface area contributed by atoms with Gasteiger partial charge in [-0.15, -0.1) is 0 Å². The van der Waals surface area contributed by atoms with Crippen LogP contribution in [0.1, 0.15) is 12.6 Å². The Morgan fingerprint density at radius 1 is 1.13 bits per heavy atom. The first-order valence-electron chi connectivity index (χ1n) is 8.00. The third-order valence-electron chi connectivity index (χ3n) is 4.10. The van der Waals surface area contributed by atoms with E-state index < -0.39 is 0 Å². The number of piperazine rings is 1. The van der Waals surface area contributed by atoms with Crippen LogP contribution >= 0.6 is 15.9 Å². The molecule has 1 aliphatic rings. The van der Waals surface area contributed by atoms with Gasteiger partial charge in [0.15, 0.2) is 0 Å². The Hall–Kier alpha value is -1.66. The van der Waals surface area contributed by atoms with Gasteiger partial charge in [0, 0.05) is 42.4 Å². The summed E-state index contributed by atoms with van der Waals surface area (Å²) in [5, 5.41) is 3.31. The first-order chi connectivity index (χ1) is 11.2. The van der Waals surface area contributed by atoms with Crippen LogP contribution in [0.4, 0.5) is 17.5 Å². The molecule has 0 amide bonds. The van der Waals surface area contributed by atoms with Crippen molar-refractivity contribution in [2.24, 2.45) is 0 Å². The number of hydrogen-bond donors (Lipinski definition) is 1. The number of aryl methyl sites for hydroxylation is 1. The Morgan fingerprint density at radius 2 is 1.87 bits per heavy atom. The highest BCUT2D eigenvalue weighted by Crippen LogP contribution is 2.25. The van der Waals surface area contributed by atoms with Gasteiger partial charge in [-0.1, -0.05) is 19.1 Å². The third-order valence-corrected chi connectivity index (χ3v) is 4.80. The average Bonchev–Trinajstić information content (AvgIpc) is 2.56. The minimum atomic E-state index is 0.643. The summed E-state index contributed by atoms with van der Waals surface area (Å²) in [6, 6.07) is 10.1. The Bertz CT molecular complexity index is 668. The Balaban J connectivity index is 1.78. The molecule has 1 saturated heterocycles.